The van der Waals surface area contributed by atoms with E-state index in [-0.39, 0.29) is 5.41 Å². The Bertz CT molecular complexity index is 1970. The van der Waals surface area contributed by atoms with Crippen LogP contribution in [0.25, 0.3) is 44.5 Å². The predicted molar refractivity (Wildman–Crippen MR) is 216 cm³/mol. The number of benzene rings is 7. The lowest BCUT2D eigenvalue weighted by atomic mass is 9.86. The van der Waals surface area contributed by atoms with Crippen molar-refractivity contribution in [2.45, 2.75) is 26.2 Å². The Morgan fingerprint density at radius 1 is 0.380 bits per heavy atom. The van der Waals surface area contributed by atoms with Gasteiger partial charge in [-0.2, -0.15) is 0 Å². The zero-order valence-electron chi connectivity index (χ0n) is 28.3. The van der Waals surface area contributed by atoms with Crippen LogP contribution in [0.1, 0.15) is 26.3 Å². The Morgan fingerprint density at radius 2 is 0.660 bits per heavy atom. The minimum Gasteiger partial charge on any atom is -0.354 e. The average Bonchev–Trinajstić information content (AvgIpc) is 3.13. The molecule has 0 amide bonds. The molecular weight excluding hydrogens is 651 g/mol. The number of hydrogen-bond acceptors (Lipinski definition) is 2. The van der Waals surface area contributed by atoms with E-state index >= 15 is 0 Å². The SMILES string of the molecule is CC(C)(C)c1cc(Nc2c(-c3ccccc3)cc(Cl)cc2-c2ccccc2)cc(Nc2c(-c3ccccc3)cc(Cl)cc2-c2ccccc2)c1. The van der Waals surface area contributed by atoms with Crippen LogP contribution >= 0.6 is 23.2 Å². The second kappa shape index (κ2) is 14.3. The van der Waals surface area contributed by atoms with Gasteiger partial charge in [0.15, 0.2) is 0 Å². The van der Waals surface area contributed by atoms with Gasteiger partial charge >= 0.3 is 0 Å². The molecule has 50 heavy (non-hydrogen) atoms. The Balaban J connectivity index is 1.41. The summed E-state index contributed by atoms with van der Waals surface area (Å²) in [5, 5.41) is 9.14. The molecule has 2 N–H and O–H groups in total. The first-order valence-electron chi connectivity index (χ1n) is 16.8. The maximum absolute atomic E-state index is 6.82. The van der Waals surface area contributed by atoms with Crippen molar-refractivity contribution in [2.75, 3.05) is 10.6 Å². The van der Waals surface area contributed by atoms with Crippen LogP contribution in [0.4, 0.5) is 22.7 Å². The van der Waals surface area contributed by atoms with Gasteiger partial charge in [-0.15, -0.1) is 0 Å². The van der Waals surface area contributed by atoms with Crippen molar-refractivity contribution >= 4 is 46.0 Å². The lowest BCUT2D eigenvalue weighted by Gasteiger charge is -2.25. The van der Waals surface area contributed by atoms with Crippen molar-refractivity contribution in [3.63, 3.8) is 0 Å². The number of nitrogens with one attached hydrogen (secondary N) is 2. The largest absolute Gasteiger partial charge is 0.354 e. The first-order valence-corrected chi connectivity index (χ1v) is 17.6. The van der Waals surface area contributed by atoms with Crippen LogP contribution in [0.3, 0.4) is 0 Å². The molecule has 7 aromatic rings. The molecule has 246 valence electrons. The second-order valence-corrected chi connectivity index (χ2v) is 14.4. The quantitative estimate of drug-likeness (QED) is 0.166. The number of rotatable bonds is 8. The second-order valence-electron chi connectivity index (χ2n) is 13.5. The topological polar surface area (TPSA) is 24.1 Å². The first-order chi connectivity index (χ1) is 24.2. The van der Waals surface area contributed by atoms with Crippen molar-refractivity contribution in [1.82, 2.24) is 0 Å². The third-order valence-electron chi connectivity index (χ3n) is 8.88. The fourth-order valence-electron chi connectivity index (χ4n) is 6.36. The van der Waals surface area contributed by atoms with Crippen LogP contribution in [0.15, 0.2) is 164 Å². The van der Waals surface area contributed by atoms with Gasteiger partial charge in [-0.1, -0.05) is 165 Å². The number of halogens is 2. The molecule has 0 aromatic heterocycles. The normalized spacial score (nSPS) is 11.3. The van der Waals surface area contributed by atoms with Crippen molar-refractivity contribution in [2.24, 2.45) is 0 Å². The third-order valence-corrected chi connectivity index (χ3v) is 9.32. The van der Waals surface area contributed by atoms with Gasteiger partial charge in [0.05, 0.1) is 11.4 Å². The van der Waals surface area contributed by atoms with E-state index in [2.05, 4.69) is 147 Å². The summed E-state index contributed by atoms with van der Waals surface area (Å²) in [5.74, 6) is 0. The van der Waals surface area contributed by atoms with Gasteiger partial charge in [0.2, 0.25) is 0 Å². The average molecular weight is 690 g/mol. The van der Waals surface area contributed by atoms with Crippen LogP contribution in [0.2, 0.25) is 10.0 Å². The fraction of sp³-hybridized carbons (Fsp3) is 0.0870. The van der Waals surface area contributed by atoms with Crippen molar-refractivity contribution in [3.05, 3.63) is 179 Å². The zero-order chi connectivity index (χ0) is 34.7. The van der Waals surface area contributed by atoms with E-state index in [0.717, 1.165) is 67.3 Å². The molecule has 0 radical (unpaired) electrons. The van der Waals surface area contributed by atoms with Gasteiger partial charge in [-0.3, -0.25) is 0 Å². The molecule has 2 nitrogen and oxygen atoms in total. The molecule has 0 unspecified atom stereocenters. The van der Waals surface area contributed by atoms with Gasteiger partial charge in [0.25, 0.3) is 0 Å². The van der Waals surface area contributed by atoms with Crippen LogP contribution in [0, 0.1) is 0 Å². The van der Waals surface area contributed by atoms with Gasteiger partial charge in [0, 0.05) is 43.7 Å². The summed E-state index contributed by atoms with van der Waals surface area (Å²) in [5.41, 5.74) is 13.4. The van der Waals surface area contributed by atoms with Crippen molar-refractivity contribution in [3.8, 4) is 44.5 Å². The van der Waals surface area contributed by atoms with Crippen LogP contribution < -0.4 is 10.6 Å². The van der Waals surface area contributed by atoms with Gasteiger partial charge in [-0.25, -0.2) is 0 Å². The molecule has 0 heterocycles. The smallest absolute Gasteiger partial charge is 0.0544 e. The summed E-state index contributed by atoms with van der Waals surface area (Å²) in [6, 6.07) is 56.5. The Hall–Kier alpha value is -5.28. The highest BCUT2D eigenvalue weighted by Gasteiger charge is 2.20. The Kier molecular flexibility index (Phi) is 9.50. The van der Waals surface area contributed by atoms with E-state index in [1.165, 1.54) is 5.56 Å². The molecule has 0 aliphatic heterocycles. The summed E-state index contributed by atoms with van der Waals surface area (Å²) in [7, 11) is 0. The monoisotopic (exact) mass is 688 g/mol. The highest BCUT2D eigenvalue weighted by Crippen LogP contribution is 2.44. The molecule has 4 heteroatoms. The zero-order valence-corrected chi connectivity index (χ0v) is 29.9. The molecule has 0 saturated heterocycles. The van der Waals surface area contributed by atoms with E-state index in [1.54, 1.807) is 0 Å². The van der Waals surface area contributed by atoms with E-state index in [9.17, 15) is 0 Å². The maximum atomic E-state index is 6.82. The Morgan fingerprint density at radius 3 is 0.920 bits per heavy atom. The summed E-state index contributed by atoms with van der Waals surface area (Å²) in [6.07, 6.45) is 0. The van der Waals surface area contributed by atoms with Crippen molar-refractivity contribution < 1.29 is 0 Å². The van der Waals surface area contributed by atoms with E-state index < -0.39 is 0 Å². The summed E-state index contributed by atoms with van der Waals surface area (Å²) in [6.45, 7) is 6.74. The van der Waals surface area contributed by atoms with Gasteiger partial charge in [-0.05, 0) is 75.7 Å². The predicted octanol–water partition coefficient (Wildman–Crippen LogP) is 14.4. The lowest BCUT2D eigenvalue weighted by Crippen LogP contribution is -2.12. The molecular formula is C46H38Cl2N2. The molecule has 0 aliphatic rings. The van der Waals surface area contributed by atoms with E-state index in [0.29, 0.717) is 10.0 Å². The minimum absolute atomic E-state index is 0.122. The molecule has 7 aromatic carbocycles. The highest BCUT2D eigenvalue weighted by molar-refractivity contribution is 6.32. The van der Waals surface area contributed by atoms with E-state index in [1.807, 2.05) is 48.5 Å². The molecule has 0 fully saturated rings. The van der Waals surface area contributed by atoms with Gasteiger partial charge in [0.1, 0.15) is 0 Å². The third kappa shape index (κ3) is 7.33. The standard InChI is InChI=1S/C46H38Cl2N2/c1-46(2,3)35-24-38(49-44-40(31-16-8-4-9-17-31)26-36(47)27-41(44)32-18-10-5-11-19-32)30-39(25-35)50-45-42(33-20-12-6-13-21-33)28-37(48)29-43(45)34-22-14-7-15-23-34/h4-30,49-50H,1-3H3. The molecule has 0 spiro atoms. The first kappa shape index (κ1) is 33.2. The fourth-order valence-corrected chi connectivity index (χ4v) is 6.79. The maximum Gasteiger partial charge on any atom is 0.0544 e. The molecule has 0 saturated carbocycles. The van der Waals surface area contributed by atoms with Crippen LogP contribution in [-0.2, 0) is 5.41 Å². The van der Waals surface area contributed by atoms with Gasteiger partial charge < -0.3 is 10.6 Å². The number of hydrogen-bond donors (Lipinski definition) is 2. The molecule has 0 aliphatic carbocycles. The minimum atomic E-state index is -0.122. The van der Waals surface area contributed by atoms with Crippen LogP contribution in [-0.4, -0.2) is 0 Å². The molecule has 7 rings (SSSR count). The number of anilines is 4. The molecule has 0 atom stereocenters. The molecule has 0 bridgehead atoms. The Labute approximate surface area is 305 Å². The van der Waals surface area contributed by atoms with Crippen molar-refractivity contribution in [1.29, 1.82) is 0 Å². The summed E-state index contributed by atoms with van der Waals surface area (Å²) in [4.78, 5) is 0. The van der Waals surface area contributed by atoms with E-state index in [4.69, 9.17) is 23.2 Å². The lowest BCUT2D eigenvalue weighted by molar-refractivity contribution is 0.591. The van der Waals surface area contributed by atoms with Crippen LogP contribution in [0.5, 0.6) is 0 Å². The highest BCUT2D eigenvalue weighted by atomic mass is 35.5. The summed E-state index contributed by atoms with van der Waals surface area (Å²) >= 11 is 13.6. The summed E-state index contributed by atoms with van der Waals surface area (Å²) < 4.78 is 0.